The zero-order valence-corrected chi connectivity index (χ0v) is 15.6. The van der Waals surface area contributed by atoms with Crippen molar-refractivity contribution in [3.63, 3.8) is 0 Å². The minimum atomic E-state index is -0.519. The molecule has 0 unspecified atom stereocenters. The maximum absolute atomic E-state index is 11.9. The monoisotopic (exact) mass is 397 g/mol. The van der Waals surface area contributed by atoms with Crippen molar-refractivity contribution in [2.24, 2.45) is 5.10 Å². The van der Waals surface area contributed by atoms with Crippen molar-refractivity contribution in [3.05, 3.63) is 86.6 Å². The van der Waals surface area contributed by atoms with E-state index in [0.717, 1.165) is 11.1 Å². The quantitative estimate of drug-likeness (QED) is 0.376. The summed E-state index contributed by atoms with van der Waals surface area (Å²) >= 11 is 6.09. The first-order valence-corrected chi connectivity index (χ1v) is 8.72. The zero-order chi connectivity index (χ0) is 20.1. The molecule has 0 saturated heterocycles. The number of nitrogens with one attached hydrogen (secondary N) is 1. The third-order valence-corrected chi connectivity index (χ3v) is 4.23. The van der Waals surface area contributed by atoms with E-state index in [-0.39, 0.29) is 23.0 Å². The lowest BCUT2D eigenvalue weighted by atomic mass is 10.1. The molecule has 0 fully saturated rings. The number of non-ortho nitro benzene ring substituents is 1. The standard InChI is InChI=1S/C20H16ClN3O4/c1-13-2-4-14(5-3-13)10-20(25)23-22-12-16-7-9-19(28-16)17-8-6-15(24(26)27)11-18(17)21/h2-9,11-12H,10H2,1H3,(H,23,25)/b22-12-. The van der Waals surface area contributed by atoms with Crippen molar-refractivity contribution in [2.45, 2.75) is 13.3 Å². The molecule has 8 heteroatoms. The second-order valence-electron chi connectivity index (χ2n) is 6.08. The van der Waals surface area contributed by atoms with E-state index >= 15 is 0 Å². The Morgan fingerprint density at radius 1 is 1.21 bits per heavy atom. The first-order chi connectivity index (χ1) is 13.4. The Morgan fingerprint density at radius 2 is 1.96 bits per heavy atom. The van der Waals surface area contributed by atoms with E-state index in [1.807, 2.05) is 31.2 Å². The third kappa shape index (κ3) is 4.83. The molecule has 1 heterocycles. The van der Waals surface area contributed by atoms with Crippen LogP contribution in [0.2, 0.25) is 5.02 Å². The lowest BCUT2D eigenvalue weighted by Gasteiger charge is -2.01. The van der Waals surface area contributed by atoms with Crippen molar-refractivity contribution in [2.75, 3.05) is 0 Å². The fraction of sp³-hybridized carbons (Fsp3) is 0.100. The lowest BCUT2D eigenvalue weighted by Crippen LogP contribution is -2.19. The Kier molecular flexibility index (Phi) is 5.86. The predicted molar refractivity (Wildman–Crippen MR) is 106 cm³/mol. The largest absolute Gasteiger partial charge is 0.455 e. The van der Waals surface area contributed by atoms with Gasteiger partial charge in [-0.3, -0.25) is 14.9 Å². The summed E-state index contributed by atoms with van der Waals surface area (Å²) in [5.74, 6) is 0.595. The van der Waals surface area contributed by atoms with Gasteiger partial charge in [-0.25, -0.2) is 5.43 Å². The maximum Gasteiger partial charge on any atom is 0.270 e. The van der Waals surface area contributed by atoms with Crippen molar-refractivity contribution in [1.82, 2.24) is 5.43 Å². The average molecular weight is 398 g/mol. The van der Waals surface area contributed by atoms with E-state index < -0.39 is 4.92 Å². The van der Waals surface area contributed by atoms with Gasteiger partial charge in [0, 0.05) is 17.7 Å². The zero-order valence-electron chi connectivity index (χ0n) is 14.9. The van der Waals surface area contributed by atoms with Crippen LogP contribution < -0.4 is 5.43 Å². The van der Waals surface area contributed by atoms with Crippen LogP contribution in [0.25, 0.3) is 11.3 Å². The predicted octanol–water partition coefficient (Wildman–Crippen LogP) is 4.51. The van der Waals surface area contributed by atoms with Crippen molar-refractivity contribution in [1.29, 1.82) is 0 Å². The first kappa shape index (κ1) is 19.3. The molecule has 3 aromatic rings. The SMILES string of the molecule is Cc1ccc(CC(=O)N/N=C\c2ccc(-c3ccc([N+](=O)[O-])cc3Cl)o2)cc1. The fourth-order valence-corrected chi connectivity index (χ4v) is 2.75. The van der Waals surface area contributed by atoms with Crippen molar-refractivity contribution >= 4 is 29.4 Å². The highest BCUT2D eigenvalue weighted by molar-refractivity contribution is 6.33. The molecule has 28 heavy (non-hydrogen) atoms. The number of carbonyl (C=O) groups is 1. The number of rotatable bonds is 6. The van der Waals surface area contributed by atoms with Crippen LogP contribution in [0, 0.1) is 17.0 Å². The summed E-state index contributed by atoms with van der Waals surface area (Å²) < 4.78 is 5.61. The minimum Gasteiger partial charge on any atom is -0.455 e. The van der Waals surface area contributed by atoms with Crippen LogP contribution in [0.1, 0.15) is 16.9 Å². The van der Waals surface area contributed by atoms with Gasteiger partial charge in [0.2, 0.25) is 5.91 Å². The summed E-state index contributed by atoms with van der Waals surface area (Å²) in [6, 6.07) is 15.1. The molecule has 0 aliphatic heterocycles. The van der Waals surface area contributed by atoms with Crippen LogP contribution in [-0.2, 0) is 11.2 Å². The molecular weight excluding hydrogens is 382 g/mol. The van der Waals surface area contributed by atoms with Gasteiger partial charge in [-0.1, -0.05) is 41.4 Å². The van der Waals surface area contributed by atoms with E-state index in [1.165, 1.54) is 24.4 Å². The minimum absolute atomic E-state index is 0.0987. The number of halogens is 1. The Hall–Kier alpha value is -3.45. The van der Waals surface area contributed by atoms with E-state index in [9.17, 15) is 14.9 Å². The van der Waals surface area contributed by atoms with Crippen molar-refractivity contribution < 1.29 is 14.1 Å². The number of amides is 1. The van der Waals surface area contributed by atoms with Gasteiger partial charge in [0.25, 0.3) is 5.69 Å². The number of furan rings is 1. The Morgan fingerprint density at radius 3 is 2.64 bits per heavy atom. The number of aryl methyl sites for hydroxylation is 1. The second-order valence-corrected chi connectivity index (χ2v) is 6.49. The summed E-state index contributed by atoms with van der Waals surface area (Å²) in [4.78, 5) is 22.2. The number of nitrogens with zero attached hydrogens (tertiary/aromatic N) is 2. The summed E-state index contributed by atoms with van der Waals surface area (Å²) in [5.41, 5.74) is 4.89. The van der Waals surface area contributed by atoms with Crippen LogP contribution in [0.15, 0.2) is 64.1 Å². The molecule has 0 saturated carbocycles. The summed E-state index contributed by atoms with van der Waals surface area (Å²) in [5, 5.41) is 14.9. The normalized spacial score (nSPS) is 10.9. The fourth-order valence-electron chi connectivity index (χ4n) is 2.48. The number of carbonyl (C=O) groups excluding carboxylic acids is 1. The second kappa shape index (κ2) is 8.49. The van der Waals surface area contributed by atoms with Crippen LogP contribution in [0.4, 0.5) is 5.69 Å². The van der Waals surface area contributed by atoms with E-state index in [1.54, 1.807) is 12.1 Å². The summed E-state index contributed by atoms with van der Waals surface area (Å²) in [7, 11) is 0. The molecule has 7 nitrogen and oxygen atoms in total. The van der Waals surface area contributed by atoms with Crippen LogP contribution >= 0.6 is 11.6 Å². The number of nitro groups is 1. The number of hydrogen-bond donors (Lipinski definition) is 1. The summed E-state index contributed by atoms with van der Waals surface area (Å²) in [6.45, 7) is 1.98. The Labute approximate surface area is 165 Å². The number of hydrogen-bond acceptors (Lipinski definition) is 5. The topological polar surface area (TPSA) is 97.7 Å². The highest BCUT2D eigenvalue weighted by Crippen LogP contribution is 2.31. The molecule has 0 bridgehead atoms. The molecule has 0 aliphatic rings. The van der Waals surface area contributed by atoms with E-state index in [2.05, 4.69) is 10.5 Å². The van der Waals surface area contributed by atoms with Gasteiger partial charge in [-0.2, -0.15) is 5.10 Å². The van der Waals surface area contributed by atoms with Gasteiger partial charge in [-0.15, -0.1) is 0 Å². The van der Waals surface area contributed by atoms with Crippen LogP contribution in [0.3, 0.4) is 0 Å². The van der Waals surface area contributed by atoms with E-state index in [0.29, 0.717) is 17.1 Å². The molecule has 1 aromatic heterocycles. The molecule has 2 aromatic carbocycles. The number of hydrazone groups is 1. The molecule has 0 aliphatic carbocycles. The molecule has 3 rings (SSSR count). The average Bonchev–Trinajstić information content (AvgIpc) is 3.12. The molecule has 142 valence electrons. The van der Waals surface area contributed by atoms with Gasteiger partial charge in [0.15, 0.2) is 0 Å². The maximum atomic E-state index is 11.9. The number of nitro benzene ring substituents is 1. The van der Waals surface area contributed by atoms with Gasteiger partial charge in [0.1, 0.15) is 11.5 Å². The molecule has 0 atom stereocenters. The Balaban J connectivity index is 1.62. The molecular formula is C20H16ClN3O4. The van der Waals surface area contributed by atoms with Crippen LogP contribution in [0.5, 0.6) is 0 Å². The van der Waals surface area contributed by atoms with Gasteiger partial charge < -0.3 is 4.42 Å². The van der Waals surface area contributed by atoms with Gasteiger partial charge >= 0.3 is 0 Å². The van der Waals surface area contributed by atoms with Gasteiger partial charge in [0.05, 0.1) is 22.6 Å². The van der Waals surface area contributed by atoms with E-state index in [4.69, 9.17) is 16.0 Å². The highest BCUT2D eigenvalue weighted by Gasteiger charge is 2.13. The third-order valence-electron chi connectivity index (χ3n) is 3.92. The molecule has 0 spiro atoms. The molecule has 1 amide bonds. The molecule has 1 N–H and O–H groups in total. The van der Waals surface area contributed by atoms with Crippen LogP contribution in [-0.4, -0.2) is 17.0 Å². The smallest absolute Gasteiger partial charge is 0.270 e. The summed E-state index contributed by atoms with van der Waals surface area (Å²) in [6.07, 6.45) is 1.59. The Bertz CT molecular complexity index is 1040. The lowest BCUT2D eigenvalue weighted by molar-refractivity contribution is -0.384. The first-order valence-electron chi connectivity index (χ1n) is 8.34. The van der Waals surface area contributed by atoms with Gasteiger partial charge in [-0.05, 0) is 30.7 Å². The van der Waals surface area contributed by atoms with Crippen molar-refractivity contribution in [3.8, 4) is 11.3 Å². The highest BCUT2D eigenvalue weighted by atomic mass is 35.5. The number of benzene rings is 2. The molecule has 0 radical (unpaired) electrons.